The molecule has 0 aromatic rings. The molecule has 0 aliphatic rings. The second-order valence-electron chi connectivity index (χ2n) is 5.73. The van der Waals surface area contributed by atoms with Crippen LogP contribution in [-0.4, -0.2) is 32.0 Å². The van der Waals surface area contributed by atoms with E-state index >= 15 is 0 Å². The average Bonchev–Trinajstić information content (AvgIpc) is 2.61. The molecule has 24 heavy (non-hydrogen) atoms. The van der Waals surface area contributed by atoms with Crippen molar-refractivity contribution in [3.05, 3.63) is 50.6 Å². The SMILES string of the molecule is C=CC(S)C(S)C(C(S)C=C)(C(S)C=C)C(CCCS)C(S)C=C. The van der Waals surface area contributed by atoms with Crippen molar-refractivity contribution in [2.24, 2.45) is 11.3 Å². The van der Waals surface area contributed by atoms with Gasteiger partial charge in [-0.1, -0.05) is 24.3 Å². The molecule has 0 heterocycles. The first-order chi connectivity index (χ1) is 11.3. The van der Waals surface area contributed by atoms with E-state index in [0.717, 1.165) is 18.6 Å². The molecule has 0 saturated carbocycles. The molecule has 0 bridgehead atoms. The first-order valence-corrected chi connectivity index (χ1v) is 11.0. The molecule has 0 aliphatic heterocycles. The predicted octanol–water partition coefficient (Wildman–Crippen LogP) is 5.54. The second-order valence-corrected chi connectivity index (χ2v) is 9.04. The van der Waals surface area contributed by atoms with E-state index in [9.17, 15) is 0 Å². The van der Waals surface area contributed by atoms with Crippen molar-refractivity contribution in [2.75, 3.05) is 5.75 Å². The maximum absolute atomic E-state index is 4.94. The first kappa shape index (κ1) is 25.1. The standard InChI is InChI=1S/C18H30S6/c1-5-13(20)12(10-9-11-19)18(15(22)7-3,16(23)8-4)17(24)14(21)6-2/h5-8,12-17,19-24H,1-4,9-11H2. The summed E-state index contributed by atoms with van der Waals surface area (Å²) >= 11 is 28.5. The van der Waals surface area contributed by atoms with E-state index in [4.69, 9.17) is 50.5 Å². The number of hydrogen-bond donors (Lipinski definition) is 6. The van der Waals surface area contributed by atoms with E-state index in [1.807, 2.05) is 18.2 Å². The summed E-state index contributed by atoms with van der Waals surface area (Å²) in [6.07, 6.45) is 9.16. The zero-order valence-electron chi connectivity index (χ0n) is 13.9. The van der Waals surface area contributed by atoms with Crippen LogP contribution in [0.15, 0.2) is 50.6 Å². The van der Waals surface area contributed by atoms with Gasteiger partial charge in [0, 0.05) is 31.7 Å². The molecule has 0 radical (unpaired) electrons. The van der Waals surface area contributed by atoms with Crippen molar-refractivity contribution in [1.29, 1.82) is 0 Å². The highest BCUT2D eigenvalue weighted by Crippen LogP contribution is 2.52. The second kappa shape index (κ2) is 12.4. The monoisotopic (exact) mass is 438 g/mol. The minimum Gasteiger partial charge on any atom is -0.179 e. The van der Waals surface area contributed by atoms with Crippen molar-refractivity contribution in [2.45, 2.75) is 39.1 Å². The van der Waals surface area contributed by atoms with Crippen LogP contribution >= 0.6 is 75.8 Å². The minimum absolute atomic E-state index is 0.0471. The lowest BCUT2D eigenvalue weighted by Crippen LogP contribution is -2.56. The molecule has 0 nitrogen and oxygen atoms in total. The van der Waals surface area contributed by atoms with Gasteiger partial charge in [-0.25, -0.2) is 0 Å². The number of hydrogen-bond acceptors (Lipinski definition) is 6. The summed E-state index contributed by atoms with van der Waals surface area (Å²) < 4.78 is 0. The minimum atomic E-state index is -0.483. The van der Waals surface area contributed by atoms with Crippen LogP contribution in [0.2, 0.25) is 0 Å². The normalized spacial score (nSPS) is 21.4. The molecule has 0 aromatic heterocycles. The highest BCUT2D eigenvalue weighted by Gasteiger charge is 2.53. The lowest BCUT2D eigenvalue weighted by atomic mass is 9.63. The van der Waals surface area contributed by atoms with E-state index in [1.54, 1.807) is 6.08 Å². The molecule has 0 amide bonds. The predicted molar refractivity (Wildman–Crippen MR) is 134 cm³/mol. The van der Waals surface area contributed by atoms with Crippen molar-refractivity contribution < 1.29 is 0 Å². The van der Waals surface area contributed by atoms with Crippen molar-refractivity contribution >= 4 is 75.8 Å². The van der Waals surface area contributed by atoms with Crippen LogP contribution in [-0.2, 0) is 0 Å². The van der Waals surface area contributed by atoms with Gasteiger partial charge in [0.2, 0.25) is 0 Å². The Labute approximate surface area is 181 Å². The van der Waals surface area contributed by atoms with E-state index in [1.165, 1.54) is 0 Å². The zero-order valence-corrected chi connectivity index (χ0v) is 19.3. The maximum atomic E-state index is 4.94. The topological polar surface area (TPSA) is 0 Å². The van der Waals surface area contributed by atoms with Gasteiger partial charge in [-0.2, -0.15) is 75.8 Å². The quantitative estimate of drug-likeness (QED) is 0.158. The van der Waals surface area contributed by atoms with Gasteiger partial charge in [0.1, 0.15) is 0 Å². The van der Waals surface area contributed by atoms with Gasteiger partial charge >= 0.3 is 0 Å². The van der Waals surface area contributed by atoms with Crippen LogP contribution in [0.25, 0.3) is 0 Å². The van der Waals surface area contributed by atoms with Gasteiger partial charge in [-0.05, 0) is 24.5 Å². The lowest BCUT2D eigenvalue weighted by Gasteiger charge is -2.53. The van der Waals surface area contributed by atoms with Crippen molar-refractivity contribution in [1.82, 2.24) is 0 Å². The van der Waals surface area contributed by atoms with E-state index in [2.05, 4.69) is 51.6 Å². The molecule has 138 valence electrons. The summed E-state index contributed by atoms with van der Waals surface area (Å²) in [5.74, 6) is 0.896. The number of thiol groups is 6. The fourth-order valence-corrected chi connectivity index (χ4v) is 6.07. The Bertz CT molecular complexity index is 408. The Morgan fingerprint density at radius 1 is 0.750 bits per heavy atom. The molecule has 0 fully saturated rings. The van der Waals surface area contributed by atoms with Gasteiger partial charge in [-0.3, -0.25) is 0 Å². The summed E-state index contributed by atoms with van der Waals surface area (Å²) in [5, 5.41) is -0.696. The van der Waals surface area contributed by atoms with Gasteiger partial charge in [-0.15, -0.1) is 26.3 Å². The van der Waals surface area contributed by atoms with Gasteiger partial charge < -0.3 is 0 Å². The summed E-state index contributed by atoms with van der Waals surface area (Å²) in [6.45, 7) is 15.7. The Balaban J connectivity index is 6.46. The molecular weight excluding hydrogens is 409 g/mol. The Kier molecular flexibility index (Phi) is 13.0. The van der Waals surface area contributed by atoms with Crippen LogP contribution in [0.5, 0.6) is 0 Å². The summed E-state index contributed by atoms with van der Waals surface area (Å²) in [4.78, 5) is 0. The van der Waals surface area contributed by atoms with Crippen molar-refractivity contribution in [3.63, 3.8) is 0 Å². The van der Waals surface area contributed by atoms with Crippen LogP contribution < -0.4 is 0 Å². The molecule has 0 saturated heterocycles. The first-order valence-electron chi connectivity index (χ1n) is 7.80. The third-order valence-corrected chi connectivity index (χ3v) is 8.23. The van der Waals surface area contributed by atoms with Crippen LogP contribution in [0.4, 0.5) is 0 Å². The average molecular weight is 439 g/mol. The van der Waals surface area contributed by atoms with E-state index in [0.29, 0.717) is 0 Å². The Morgan fingerprint density at radius 2 is 1.21 bits per heavy atom. The van der Waals surface area contributed by atoms with Gasteiger partial charge in [0.05, 0.1) is 0 Å². The summed E-state index contributed by atoms with van der Waals surface area (Å²) in [6, 6.07) is 0. The molecule has 0 aromatic carbocycles. The number of rotatable bonds is 13. The molecule has 6 atom stereocenters. The third-order valence-electron chi connectivity index (χ3n) is 4.52. The Hall–Kier alpha value is 1.06. The van der Waals surface area contributed by atoms with E-state index in [-0.39, 0.29) is 32.2 Å². The maximum Gasteiger partial charge on any atom is 0.0317 e. The summed E-state index contributed by atoms with van der Waals surface area (Å²) in [7, 11) is 0. The van der Waals surface area contributed by atoms with Crippen LogP contribution in [0.3, 0.4) is 0 Å². The molecule has 0 rings (SSSR count). The molecule has 0 N–H and O–H groups in total. The summed E-state index contributed by atoms with van der Waals surface area (Å²) in [5.41, 5.74) is -0.483. The Morgan fingerprint density at radius 3 is 1.54 bits per heavy atom. The fourth-order valence-electron chi connectivity index (χ4n) is 3.21. The van der Waals surface area contributed by atoms with Crippen LogP contribution in [0, 0.1) is 11.3 Å². The molecule has 0 aliphatic carbocycles. The van der Waals surface area contributed by atoms with Crippen molar-refractivity contribution in [3.8, 4) is 0 Å². The zero-order chi connectivity index (χ0) is 18.9. The highest BCUT2D eigenvalue weighted by molar-refractivity contribution is 7.86. The molecule has 6 heteroatoms. The highest BCUT2D eigenvalue weighted by atomic mass is 32.1. The lowest BCUT2D eigenvalue weighted by molar-refractivity contribution is 0.170. The fraction of sp³-hybridized carbons (Fsp3) is 0.556. The molecular formula is C18H30S6. The smallest absolute Gasteiger partial charge is 0.0317 e. The molecule has 0 spiro atoms. The molecule has 6 unspecified atom stereocenters. The van der Waals surface area contributed by atoms with Crippen LogP contribution in [0.1, 0.15) is 12.8 Å². The van der Waals surface area contributed by atoms with E-state index < -0.39 is 5.41 Å². The largest absolute Gasteiger partial charge is 0.179 e. The third kappa shape index (κ3) is 5.53. The van der Waals surface area contributed by atoms with Gasteiger partial charge in [0.25, 0.3) is 0 Å². The van der Waals surface area contributed by atoms with Gasteiger partial charge in [0.15, 0.2) is 0 Å².